The van der Waals surface area contributed by atoms with Crippen LogP contribution in [-0.4, -0.2) is 35.9 Å². The van der Waals surface area contributed by atoms with E-state index < -0.39 is 17.7 Å². The van der Waals surface area contributed by atoms with E-state index >= 15 is 0 Å². The fraction of sp³-hybridized carbons (Fsp3) is 0.312. The molecule has 0 aliphatic heterocycles. The largest absolute Gasteiger partial charge is 0.462 e. The van der Waals surface area contributed by atoms with E-state index in [-0.39, 0.29) is 18.9 Å². The molecular weight excluding hydrogens is 318 g/mol. The fourth-order valence-corrected chi connectivity index (χ4v) is 2.82. The number of ketones is 1. The van der Waals surface area contributed by atoms with Crippen molar-refractivity contribution in [3.8, 4) is 0 Å². The van der Waals surface area contributed by atoms with Crippen LogP contribution in [-0.2, 0) is 9.47 Å². The Labute approximate surface area is 137 Å². The number of esters is 2. The molecule has 2 aromatic heterocycles. The van der Waals surface area contributed by atoms with E-state index in [2.05, 4.69) is 4.98 Å². The fourth-order valence-electron chi connectivity index (χ4n) is 2.21. The van der Waals surface area contributed by atoms with E-state index in [0.717, 1.165) is 0 Å². The lowest BCUT2D eigenvalue weighted by Crippen LogP contribution is -2.15. The molecular formula is C16H17NO5S. The van der Waals surface area contributed by atoms with Crippen molar-refractivity contribution in [1.29, 1.82) is 0 Å². The molecule has 0 atom stereocenters. The molecule has 0 aromatic carbocycles. The van der Waals surface area contributed by atoms with E-state index in [1.54, 1.807) is 38.3 Å². The smallest absolute Gasteiger partial charge is 0.348 e. The number of ether oxygens (including phenoxy) is 2. The maximum absolute atomic E-state index is 12.2. The maximum Gasteiger partial charge on any atom is 0.348 e. The molecule has 0 spiro atoms. The minimum absolute atomic E-state index is 0.254. The van der Waals surface area contributed by atoms with E-state index in [0.29, 0.717) is 21.7 Å². The van der Waals surface area contributed by atoms with Gasteiger partial charge in [-0.05, 0) is 37.8 Å². The first kappa shape index (κ1) is 17.0. The summed E-state index contributed by atoms with van der Waals surface area (Å²) in [5.41, 5.74) is 1.65. The third-order valence-corrected chi connectivity index (χ3v) is 4.10. The summed E-state index contributed by atoms with van der Waals surface area (Å²) in [7, 11) is 0. The average Bonchev–Trinajstić information content (AvgIpc) is 3.13. The molecule has 0 saturated heterocycles. The summed E-state index contributed by atoms with van der Waals surface area (Å²) in [6.07, 6.45) is 0. The lowest BCUT2D eigenvalue weighted by atomic mass is 10.1. The lowest BCUT2D eigenvalue weighted by molar-refractivity contribution is 0.0477. The Kier molecular flexibility index (Phi) is 5.33. The standard InChI is InChI=1S/C16H17NO5S/c1-4-21-16(20)13-9(2)14(17-10(13)3)11(18)8-22-15(19)12-6-5-7-23-12/h5-7,17H,4,8H2,1-3H3. The van der Waals surface area contributed by atoms with Crippen LogP contribution in [0.25, 0.3) is 0 Å². The van der Waals surface area contributed by atoms with Crippen molar-refractivity contribution in [1.82, 2.24) is 4.98 Å². The van der Waals surface area contributed by atoms with Gasteiger partial charge in [0.1, 0.15) is 4.88 Å². The van der Waals surface area contributed by atoms with E-state index in [9.17, 15) is 14.4 Å². The predicted molar refractivity (Wildman–Crippen MR) is 85.2 cm³/mol. The van der Waals surface area contributed by atoms with Crippen LogP contribution in [0, 0.1) is 13.8 Å². The summed E-state index contributed by atoms with van der Waals surface area (Å²) < 4.78 is 9.98. The SMILES string of the molecule is CCOC(=O)c1c(C)[nH]c(C(=O)COC(=O)c2cccs2)c1C. The molecule has 6 nitrogen and oxygen atoms in total. The molecule has 7 heteroatoms. The van der Waals surface area contributed by atoms with Crippen LogP contribution < -0.4 is 0 Å². The highest BCUT2D eigenvalue weighted by atomic mass is 32.1. The number of Topliss-reactive ketones (excluding diaryl/α,β-unsaturated/α-hetero) is 1. The van der Waals surface area contributed by atoms with Gasteiger partial charge in [-0.2, -0.15) is 0 Å². The Morgan fingerprint density at radius 2 is 1.91 bits per heavy atom. The molecule has 0 radical (unpaired) electrons. The number of carbonyl (C=O) groups excluding carboxylic acids is 3. The van der Waals surface area contributed by atoms with Gasteiger partial charge >= 0.3 is 11.9 Å². The third kappa shape index (κ3) is 3.68. The highest BCUT2D eigenvalue weighted by molar-refractivity contribution is 7.11. The number of H-pyrrole nitrogens is 1. The number of nitrogens with one attached hydrogen (secondary N) is 1. The van der Waals surface area contributed by atoms with Gasteiger partial charge in [-0.3, -0.25) is 4.79 Å². The number of hydrogen-bond donors (Lipinski definition) is 1. The van der Waals surface area contributed by atoms with E-state index in [4.69, 9.17) is 9.47 Å². The minimum atomic E-state index is -0.542. The predicted octanol–water partition coefficient (Wildman–Crippen LogP) is 2.91. The van der Waals surface area contributed by atoms with Gasteiger partial charge in [0.05, 0.1) is 17.9 Å². The highest BCUT2D eigenvalue weighted by Crippen LogP contribution is 2.20. The zero-order valence-electron chi connectivity index (χ0n) is 13.1. The second-order valence-electron chi connectivity index (χ2n) is 4.82. The summed E-state index contributed by atoms with van der Waals surface area (Å²) in [6.45, 7) is 4.92. The van der Waals surface area contributed by atoms with Gasteiger partial charge in [-0.1, -0.05) is 6.07 Å². The molecule has 2 heterocycles. The molecule has 2 rings (SSSR count). The summed E-state index contributed by atoms with van der Waals surface area (Å²) in [4.78, 5) is 39.2. The Hall–Kier alpha value is -2.41. The van der Waals surface area contributed by atoms with E-state index in [1.165, 1.54) is 11.3 Å². The highest BCUT2D eigenvalue weighted by Gasteiger charge is 2.23. The Balaban J connectivity index is 2.09. The molecule has 23 heavy (non-hydrogen) atoms. The average molecular weight is 335 g/mol. The Morgan fingerprint density at radius 3 is 2.52 bits per heavy atom. The third-order valence-electron chi connectivity index (χ3n) is 3.25. The van der Waals surface area contributed by atoms with Crippen molar-refractivity contribution in [3.05, 3.63) is 44.9 Å². The summed E-state index contributed by atoms with van der Waals surface area (Å²) in [5, 5.41) is 1.75. The van der Waals surface area contributed by atoms with Crippen LogP contribution in [0.15, 0.2) is 17.5 Å². The van der Waals surface area contributed by atoms with E-state index in [1.807, 2.05) is 0 Å². The zero-order chi connectivity index (χ0) is 17.0. The number of hydrogen-bond acceptors (Lipinski definition) is 6. The topological polar surface area (TPSA) is 85.5 Å². The first-order chi connectivity index (χ1) is 11.0. The van der Waals surface area contributed by atoms with Crippen molar-refractivity contribution in [2.45, 2.75) is 20.8 Å². The van der Waals surface area contributed by atoms with Crippen LogP contribution in [0.3, 0.4) is 0 Å². The van der Waals surface area contributed by atoms with Crippen LogP contribution in [0.5, 0.6) is 0 Å². The molecule has 0 fully saturated rings. The normalized spacial score (nSPS) is 10.4. The first-order valence-corrected chi connectivity index (χ1v) is 7.93. The molecule has 0 amide bonds. The first-order valence-electron chi connectivity index (χ1n) is 7.05. The summed E-state index contributed by atoms with van der Waals surface area (Å²) in [6, 6.07) is 3.35. The number of rotatable bonds is 6. The second kappa shape index (κ2) is 7.23. The van der Waals surface area contributed by atoms with Gasteiger partial charge < -0.3 is 14.5 Å². The van der Waals surface area contributed by atoms with Crippen molar-refractivity contribution >= 4 is 29.1 Å². The number of aryl methyl sites for hydroxylation is 1. The van der Waals surface area contributed by atoms with Gasteiger partial charge in [0.2, 0.25) is 5.78 Å². The number of aromatic amines is 1. The number of carbonyl (C=O) groups is 3. The van der Waals surface area contributed by atoms with Crippen LogP contribution >= 0.6 is 11.3 Å². The van der Waals surface area contributed by atoms with Crippen LogP contribution in [0.1, 0.15) is 48.7 Å². The summed E-state index contributed by atoms with van der Waals surface area (Å²) in [5.74, 6) is -1.42. The molecule has 0 aliphatic carbocycles. The molecule has 1 N–H and O–H groups in total. The lowest BCUT2D eigenvalue weighted by Gasteiger charge is -2.04. The van der Waals surface area contributed by atoms with Gasteiger partial charge in [-0.15, -0.1) is 11.3 Å². The van der Waals surface area contributed by atoms with Crippen LogP contribution in [0.4, 0.5) is 0 Å². The molecule has 122 valence electrons. The Morgan fingerprint density at radius 1 is 1.17 bits per heavy atom. The molecule has 0 saturated carbocycles. The van der Waals surface area contributed by atoms with Gasteiger partial charge in [0.15, 0.2) is 6.61 Å². The molecule has 0 bridgehead atoms. The van der Waals surface area contributed by atoms with Crippen molar-refractivity contribution in [2.75, 3.05) is 13.2 Å². The quantitative estimate of drug-likeness (QED) is 0.648. The van der Waals surface area contributed by atoms with Crippen molar-refractivity contribution in [3.63, 3.8) is 0 Å². The van der Waals surface area contributed by atoms with Gasteiger partial charge in [0.25, 0.3) is 0 Å². The molecule has 2 aromatic rings. The second-order valence-corrected chi connectivity index (χ2v) is 5.77. The van der Waals surface area contributed by atoms with Crippen LogP contribution in [0.2, 0.25) is 0 Å². The maximum atomic E-state index is 12.2. The number of thiophene rings is 1. The molecule has 0 aliphatic rings. The zero-order valence-corrected chi connectivity index (χ0v) is 13.9. The van der Waals surface area contributed by atoms with Gasteiger partial charge in [-0.25, -0.2) is 9.59 Å². The van der Waals surface area contributed by atoms with Crippen molar-refractivity contribution in [2.24, 2.45) is 0 Å². The van der Waals surface area contributed by atoms with Gasteiger partial charge in [0, 0.05) is 5.69 Å². The van der Waals surface area contributed by atoms with Crippen molar-refractivity contribution < 1.29 is 23.9 Å². The number of aromatic nitrogens is 1. The Bertz CT molecular complexity index is 730. The minimum Gasteiger partial charge on any atom is -0.462 e. The monoisotopic (exact) mass is 335 g/mol. The summed E-state index contributed by atoms with van der Waals surface area (Å²) >= 11 is 1.24. The molecule has 0 unspecified atom stereocenters.